The van der Waals surface area contributed by atoms with Crippen LogP contribution in [0.25, 0.3) is 5.57 Å². The van der Waals surface area contributed by atoms with Gasteiger partial charge in [0.1, 0.15) is 7.85 Å². The van der Waals surface area contributed by atoms with Gasteiger partial charge in [0.2, 0.25) is 0 Å². The number of hydrogen-bond donors (Lipinski definition) is 0. The van der Waals surface area contributed by atoms with E-state index in [1.165, 1.54) is 33.9 Å². The second-order valence-electron chi connectivity index (χ2n) is 9.77. The lowest BCUT2D eigenvalue weighted by atomic mass is 9.92. The lowest BCUT2D eigenvalue weighted by molar-refractivity contribution is 0.590. The molecule has 0 spiro atoms. The molecule has 5 rings (SSSR count). The van der Waals surface area contributed by atoms with E-state index in [9.17, 15) is 0 Å². The maximum atomic E-state index is 4.37. The van der Waals surface area contributed by atoms with Crippen molar-refractivity contribution in [3.05, 3.63) is 180 Å². The van der Waals surface area contributed by atoms with Gasteiger partial charge in [0.05, 0.1) is 21.0 Å². The number of rotatable bonds is 10. The standard InChI is InChI=1S/C22H26N2Si.C14H13B/c1-2-3-4-11-18-25-22(24-17-16-23-19-24,20-12-7-5-8-13-20)21-14-9-6-10-15-21;15-11-14(12-7-3-1-4-8-12)13-9-5-2-6-10-13/h3-10,12-17,19H,2,11,18,25H2,1H3;1-11H,15H2. The summed E-state index contributed by atoms with van der Waals surface area (Å²) in [4.78, 5) is 4.37. The smallest absolute Gasteiger partial charge is 0.130 e. The molecule has 2 nitrogen and oxygen atoms in total. The molecule has 0 unspecified atom stereocenters. The molecule has 0 amide bonds. The molecule has 0 aliphatic heterocycles. The van der Waals surface area contributed by atoms with E-state index in [-0.39, 0.29) is 5.16 Å². The van der Waals surface area contributed by atoms with Crippen molar-refractivity contribution in [3.8, 4) is 0 Å². The van der Waals surface area contributed by atoms with Crippen LogP contribution < -0.4 is 0 Å². The van der Waals surface area contributed by atoms with E-state index in [2.05, 4.69) is 158 Å². The molecule has 40 heavy (non-hydrogen) atoms. The zero-order valence-corrected chi connectivity index (χ0v) is 25.1. The van der Waals surface area contributed by atoms with E-state index in [0.717, 1.165) is 12.8 Å². The lowest BCUT2D eigenvalue weighted by Gasteiger charge is -2.36. The van der Waals surface area contributed by atoms with Crippen LogP contribution in [0.2, 0.25) is 6.04 Å². The first-order valence-electron chi connectivity index (χ1n) is 14.3. The second kappa shape index (κ2) is 15.4. The van der Waals surface area contributed by atoms with E-state index < -0.39 is 9.52 Å². The summed E-state index contributed by atoms with van der Waals surface area (Å²) < 4.78 is 2.33. The number of allylic oxidation sites excluding steroid dienone is 2. The van der Waals surface area contributed by atoms with Crippen molar-refractivity contribution in [2.75, 3.05) is 0 Å². The Morgan fingerprint density at radius 2 is 1.25 bits per heavy atom. The van der Waals surface area contributed by atoms with Gasteiger partial charge in [-0.05, 0) is 40.7 Å². The Kier molecular flexibility index (Phi) is 11.1. The average Bonchev–Trinajstić information content (AvgIpc) is 3.57. The Morgan fingerprint density at radius 1 is 0.750 bits per heavy atom. The molecule has 0 bridgehead atoms. The predicted octanol–water partition coefficient (Wildman–Crippen LogP) is 7.28. The molecule has 5 aromatic rings. The number of benzene rings is 4. The minimum atomic E-state index is -0.503. The van der Waals surface area contributed by atoms with Gasteiger partial charge in [-0.25, -0.2) is 4.98 Å². The number of nitrogens with zero attached hydrogens (tertiary/aromatic N) is 2. The summed E-state index contributed by atoms with van der Waals surface area (Å²) in [5.74, 6) is 2.16. The lowest BCUT2D eigenvalue weighted by Crippen LogP contribution is -2.41. The van der Waals surface area contributed by atoms with Crippen LogP contribution in [0.1, 0.15) is 42.0 Å². The summed E-state index contributed by atoms with van der Waals surface area (Å²) in [5.41, 5.74) is 6.56. The summed E-state index contributed by atoms with van der Waals surface area (Å²) in [6.45, 7) is 2.19. The Balaban J connectivity index is 0.000000210. The number of hydrogen-bond acceptors (Lipinski definition) is 1. The molecule has 200 valence electrons. The highest BCUT2D eigenvalue weighted by molar-refractivity contribution is 6.41. The first-order chi connectivity index (χ1) is 19.8. The van der Waals surface area contributed by atoms with Gasteiger partial charge in [0.15, 0.2) is 0 Å². The molecule has 1 heterocycles. The topological polar surface area (TPSA) is 17.8 Å². The van der Waals surface area contributed by atoms with Crippen molar-refractivity contribution < 1.29 is 0 Å². The van der Waals surface area contributed by atoms with E-state index in [1.807, 2.05) is 24.7 Å². The third-order valence-electron chi connectivity index (χ3n) is 7.22. The average molecular weight is 539 g/mol. The molecule has 0 N–H and O–H groups in total. The van der Waals surface area contributed by atoms with Crippen LogP contribution in [-0.2, 0) is 5.16 Å². The molecule has 0 saturated carbocycles. The molecular weight excluding hydrogens is 499 g/mol. The van der Waals surface area contributed by atoms with Crippen molar-refractivity contribution in [2.45, 2.75) is 31.0 Å². The van der Waals surface area contributed by atoms with Gasteiger partial charge < -0.3 is 4.57 Å². The van der Waals surface area contributed by atoms with Gasteiger partial charge in [-0.3, -0.25) is 0 Å². The zero-order chi connectivity index (χ0) is 27.9. The van der Waals surface area contributed by atoms with Crippen LogP contribution in [0.3, 0.4) is 0 Å². The molecule has 0 aliphatic carbocycles. The predicted molar refractivity (Wildman–Crippen MR) is 177 cm³/mol. The van der Waals surface area contributed by atoms with E-state index in [1.54, 1.807) is 0 Å². The zero-order valence-electron chi connectivity index (χ0n) is 23.7. The van der Waals surface area contributed by atoms with E-state index >= 15 is 0 Å². The molecule has 0 fully saturated rings. The third-order valence-corrected chi connectivity index (χ3v) is 9.88. The summed E-state index contributed by atoms with van der Waals surface area (Å²) in [6.07, 6.45) is 12.9. The van der Waals surface area contributed by atoms with E-state index in [4.69, 9.17) is 0 Å². The van der Waals surface area contributed by atoms with Crippen LogP contribution in [0.15, 0.2) is 158 Å². The van der Waals surface area contributed by atoms with Gasteiger partial charge in [-0.1, -0.05) is 146 Å². The van der Waals surface area contributed by atoms with Crippen molar-refractivity contribution in [3.63, 3.8) is 0 Å². The van der Waals surface area contributed by atoms with Crippen molar-refractivity contribution in [1.82, 2.24) is 9.55 Å². The van der Waals surface area contributed by atoms with Crippen LogP contribution in [-0.4, -0.2) is 26.9 Å². The summed E-state index contributed by atoms with van der Waals surface area (Å²) in [5, 5.41) is -0.0843. The third kappa shape index (κ3) is 7.28. The van der Waals surface area contributed by atoms with Crippen LogP contribution in [0.5, 0.6) is 0 Å². The molecule has 4 heteroatoms. The largest absolute Gasteiger partial charge is 0.327 e. The van der Waals surface area contributed by atoms with E-state index in [0.29, 0.717) is 0 Å². The van der Waals surface area contributed by atoms with Crippen molar-refractivity contribution in [1.29, 1.82) is 0 Å². The first kappa shape index (κ1) is 28.8. The van der Waals surface area contributed by atoms with Crippen LogP contribution >= 0.6 is 0 Å². The SMILES string of the molecule is BC=C(c1ccccc1)c1ccccc1.CCC=CCC[SiH2]C(c1ccccc1)(c1ccccc1)n1ccnc1. The van der Waals surface area contributed by atoms with Crippen LogP contribution in [0.4, 0.5) is 0 Å². The van der Waals surface area contributed by atoms with Gasteiger partial charge in [0, 0.05) is 12.4 Å². The molecule has 0 aliphatic rings. The summed E-state index contributed by atoms with van der Waals surface area (Å²) in [6, 6.07) is 44.0. The van der Waals surface area contributed by atoms with Gasteiger partial charge in [0.25, 0.3) is 0 Å². The van der Waals surface area contributed by atoms with Gasteiger partial charge in [-0.2, -0.15) is 0 Å². The highest BCUT2D eigenvalue weighted by Crippen LogP contribution is 2.34. The fourth-order valence-corrected chi connectivity index (χ4v) is 7.74. The normalized spacial score (nSPS) is 11.3. The Labute approximate surface area is 243 Å². The maximum absolute atomic E-state index is 4.37. The van der Waals surface area contributed by atoms with Crippen molar-refractivity contribution >= 4 is 22.9 Å². The highest BCUT2D eigenvalue weighted by atomic mass is 28.2. The Hall–Kier alpha value is -4.15. The second-order valence-corrected chi connectivity index (χ2v) is 12.0. The fraction of sp³-hybridized carbons (Fsp3) is 0.139. The van der Waals surface area contributed by atoms with Crippen molar-refractivity contribution in [2.24, 2.45) is 0 Å². The quantitative estimate of drug-likeness (QED) is 0.104. The summed E-state index contributed by atoms with van der Waals surface area (Å²) in [7, 11) is 1.58. The molecule has 1 aromatic heterocycles. The highest BCUT2D eigenvalue weighted by Gasteiger charge is 2.35. The number of imidazole rings is 1. The molecule has 0 saturated heterocycles. The molecular formula is C36H39BN2Si. The monoisotopic (exact) mass is 538 g/mol. The Bertz CT molecular complexity index is 1350. The fourth-order valence-electron chi connectivity index (χ4n) is 5.29. The molecule has 0 atom stereocenters. The minimum Gasteiger partial charge on any atom is -0.327 e. The first-order valence-corrected chi connectivity index (χ1v) is 16.0. The van der Waals surface area contributed by atoms with Gasteiger partial charge in [-0.15, -0.1) is 5.98 Å². The number of aromatic nitrogens is 2. The maximum Gasteiger partial charge on any atom is 0.130 e. The van der Waals surface area contributed by atoms with Crippen LogP contribution in [0, 0.1) is 0 Å². The Morgan fingerprint density at radius 3 is 1.68 bits per heavy atom. The molecule has 4 aromatic carbocycles. The summed E-state index contributed by atoms with van der Waals surface area (Å²) >= 11 is 0. The minimum absolute atomic E-state index is 0.0843. The van der Waals surface area contributed by atoms with Gasteiger partial charge >= 0.3 is 0 Å². The molecule has 0 radical (unpaired) electrons.